The number of hydrogen-bond acceptors (Lipinski definition) is 3. The molecular weight excluding hydrogens is 176 g/mol. The van der Waals surface area contributed by atoms with E-state index < -0.39 is 0 Å². The van der Waals surface area contributed by atoms with Crippen LogP contribution in [0.3, 0.4) is 0 Å². The molecule has 14 heavy (non-hydrogen) atoms. The van der Waals surface area contributed by atoms with Crippen molar-refractivity contribution in [1.29, 1.82) is 0 Å². The predicted octanol–water partition coefficient (Wildman–Crippen LogP) is 1.92. The van der Waals surface area contributed by atoms with Crippen molar-refractivity contribution in [2.45, 2.75) is 12.8 Å². The average molecular weight is 192 g/mol. The molecule has 76 valence electrons. The van der Waals surface area contributed by atoms with E-state index in [0.29, 0.717) is 0 Å². The molecule has 1 N–H and O–H groups in total. The van der Waals surface area contributed by atoms with E-state index >= 15 is 0 Å². The highest BCUT2D eigenvalue weighted by Gasteiger charge is 2.12. The zero-order valence-corrected chi connectivity index (χ0v) is 8.28. The third kappa shape index (κ3) is 2.70. The van der Waals surface area contributed by atoms with Crippen molar-refractivity contribution in [2.75, 3.05) is 25.1 Å². The summed E-state index contributed by atoms with van der Waals surface area (Å²) in [4.78, 5) is 4.22. The normalized spacial score (nSPS) is 18.0. The molecule has 2 rings (SSSR count). The third-order valence-corrected chi connectivity index (χ3v) is 2.58. The van der Waals surface area contributed by atoms with Gasteiger partial charge < -0.3 is 10.1 Å². The van der Waals surface area contributed by atoms with Gasteiger partial charge in [-0.1, -0.05) is 6.07 Å². The lowest BCUT2D eigenvalue weighted by molar-refractivity contribution is 0.0699. The predicted molar refractivity (Wildman–Crippen MR) is 56.3 cm³/mol. The fourth-order valence-electron chi connectivity index (χ4n) is 1.67. The van der Waals surface area contributed by atoms with E-state index in [1.807, 2.05) is 24.4 Å². The highest BCUT2D eigenvalue weighted by Crippen LogP contribution is 2.14. The van der Waals surface area contributed by atoms with Gasteiger partial charge in [0.15, 0.2) is 0 Å². The highest BCUT2D eigenvalue weighted by atomic mass is 16.5. The van der Waals surface area contributed by atoms with Crippen molar-refractivity contribution >= 4 is 5.82 Å². The van der Waals surface area contributed by atoms with Gasteiger partial charge in [0.2, 0.25) is 0 Å². The Kier molecular flexibility index (Phi) is 3.35. The van der Waals surface area contributed by atoms with Crippen molar-refractivity contribution in [3.05, 3.63) is 24.4 Å². The minimum atomic E-state index is 0.741. The summed E-state index contributed by atoms with van der Waals surface area (Å²) in [5.74, 6) is 1.71. The van der Waals surface area contributed by atoms with Crippen molar-refractivity contribution in [3.63, 3.8) is 0 Å². The van der Waals surface area contributed by atoms with Gasteiger partial charge in [-0.3, -0.25) is 0 Å². The van der Waals surface area contributed by atoms with E-state index in [0.717, 1.165) is 31.5 Å². The second kappa shape index (κ2) is 4.96. The van der Waals surface area contributed by atoms with E-state index in [1.165, 1.54) is 12.8 Å². The zero-order valence-electron chi connectivity index (χ0n) is 8.28. The second-order valence-corrected chi connectivity index (χ2v) is 3.65. The van der Waals surface area contributed by atoms with Crippen LogP contribution in [0.25, 0.3) is 0 Å². The first-order valence-electron chi connectivity index (χ1n) is 5.18. The number of pyridine rings is 1. The zero-order chi connectivity index (χ0) is 9.64. The van der Waals surface area contributed by atoms with Crippen LogP contribution in [0.4, 0.5) is 5.82 Å². The number of rotatable bonds is 3. The van der Waals surface area contributed by atoms with E-state index in [4.69, 9.17) is 4.74 Å². The number of nitrogens with one attached hydrogen (secondary N) is 1. The van der Waals surface area contributed by atoms with Crippen LogP contribution in [-0.2, 0) is 4.74 Å². The molecule has 3 heteroatoms. The number of nitrogens with zero attached hydrogens (tertiary/aromatic N) is 1. The van der Waals surface area contributed by atoms with Crippen LogP contribution in [-0.4, -0.2) is 24.7 Å². The molecule has 1 aliphatic rings. The molecule has 0 spiro atoms. The molecule has 0 bridgehead atoms. The Morgan fingerprint density at radius 1 is 1.36 bits per heavy atom. The lowest BCUT2D eigenvalue weighted by Gasteiger charge is -2.22. The van der Waals surface area contributed by atoms with E-state index in [2.05, 4.69) is 10.3 Å². The summed E-state index contributed by atoms with van der Waals surface area (Å²) in [7, 11) is 0. The Morgan fingerprint density at radius 3 is 2.93 bits per heavy atom. The molecule has 3 nitrogen and oxygen atoms in total. The maximum absolute atomic E-state index is 5.31. The number of aromatic nitrogens is 1. The summed E-state index contributed by atoms with van der Waals surface area (Å²) in [6.45, 7) is 2.84. The summed E-state index contributed by atoms with van der Waals surface area (Å²) in [6.07, 6.45) is 4.14. The molecule has 0 atom stereocenters. The van der Waals surface area contributed by atoms with Crippen LogP contribution in [0.5, 0.6) is 0 Å². The van der Waals surface area contributed by atoms with Gasteiger partial charge in [0.25, 0.3) is 0 Å². The van der Waals surface area contributed by atoms with Crippen LogP contribution in [0.2, 0.25) is 0 Å². The maximum Gasteiger partial charge on any atom is 0.125 e. The molecular formula is C11H16N2O. The number of anilines is 1. The molecule has 1 aromatic heterocycles. The largest absolute Gasteiger partial charge is 0.381 e. The minimum Gasteiger partial charge on any atom is -0.381 e. The van der Waals surface area contributed by atoms with Gasteiger partial charge in [0, 0.05) is 26.0 Å². The van der Waals surface area contributed by atoms with E-state index in [9.17, 15) is 0 Å². The van der Waals surface area contributed by atoms with Crippen molar-refractivity contribution in [2.24, 2.45) is 5.92 Å². The molecule has 1 saturated heterocycles. The first kappa shape index (κ1) is 9.46. The summed E-state index contributed by atoms with van der Waals surface area (Å²) >= 11 is 0. The lowest BCUT2D eigenvalue weighted by Crippen LogP contribution is -2.22. The fourth-order valence-corrected chi connectivity index (χ4v) is 1.67. The molecule has 0 saturated carbocycles. The monoisotopic (exact) mass is 192 g/mol. The summed E-state index contributed by atoms with van der Waals surface area (Å²) in [5, 5.41) is 3.35. The highest BCUT2D eigenvalue weighted by molar-refractivity contribution is 5.32. The third-order valence-electron chi connectivity index (χ3n) is 2.58. The smallest absolute Gasteiger partial charge is 0.125 e. The first-order chi connectivity index (χ1) is 6.95. The van der Waals surface area contributed by atoms with Gasteiger partial charge in [-0.15, -0.1) is 0 Å². The average Bonchev–Trinajstić information content (AvgIpc) is 2.29. The topological polar surface area (TPSA) is 34.1 Å². The Labute approximate surface area is 84.5 Å². The number of ether oxygens (including phenoxy) is 1. The Balaban J connectivity index is 1.76. The van der Waals surface area contributed by atoms with Crippen LogP contribution in [0.15, 0.2) is 24.4 Å². The summed E-state index contributed by atoms with van der Waals surface area (Å²) < 4.78 is 5.31. The molecule has 0 radical (unpaired) electrons. The number of hydrogen-bond donors (Lipinski definition) is 1. The standard InChI is InChI=1S/C11H16N2O/c1-2-6-12-11(3-1)13-9-10-4-7-14-8-5-10/h1-3,6,10H,4-5,7-9H2,(H,12,13). The molecule has 1 fully saturated rings. The van der Waals surface area contributed by atoms with Crippen molar-refractivity contribution in [1.82, 2.24) is 4.98 Å². The molecule has 0 aromatic carbocycles. The summed E-state index contributed by atoms with van der Waals surface area (Å²) in [5.41, 5.74) is 0. The van der Waals surface area contributed by atoms with Gasteiger partial charge >= 0.3 is 0 Å². The first-order valence-corrected chi connectivity index (χ1v) is 5.18. The van der Waals surface area contributed by atoms with E-state index in [-0.39, 0.29) is 0 Å². The van der Waals surface area contributed by atoms with Crippen molar-refractivity contribution < 1.29 is 4.74 Å². The minimum absolute atomic E-state index is 0.741. The van der Waals surface area contributed by atoms with Gasteiger partial charge in [-0.05, 0) is 30.9 Å². The lowest BCUT2D eigenvalue weighted by atomic mass is 10.0. The van der Waals surface area contributed by atoms with Gasteiger partial charge in [0.05, 0.1) is 0 Å². The fraction of sp³-hybridized carbons (Fsp3) is 0.545. The van der Waals surface area contributed by atoms with Gasteiger partial charge in [-0.25, -0.2) is 4.98 Å². The molecule has 0 amide bonds. The quantitative estimate of drug-likeness (QED) is 0.794. The Morgan fingerprint density at radius 2 is 2.21 bits per heavy atom. The summed E-state index contributed by atoms with van der Waals surface area (Å²) in [6, 6.07) is 5.93. The Hall–Kier alpha value is -1.09. The SMILES string of the molecule is c1ccc(NCC2CCOCC2)nc1. The molecule has 2 heterocycles. The van der Waals surface area contributed by atoms with Crippen LogP contribution in [0.1, 0.15) is 12.8 Å². The van der Waals surface area contributed by atoms with Gasteiger partial charge in [-0.2, -0.15) is 0 Å². The molecule has 0 aliphatic carbocycles. The van der Waals surface area contributed by atoms with Crippen LogP contribution < -0.4 is 5.32 Å². The van der Waals surface area contributed by atoms with Crippen LogP contribution in [0, 0.1) is 5.92 Å². The van der Waals surface area contributed by atoms with Crippen LogP contribution >= 0.6 is 0 Å². The molecule has 1 aliphatic heterocycles. The maximum atomic E-state index is 5.31. The van der Waals surface area contributed by atoms with Crippen molar-refractivity contribution in [3.8, 4) is 0 Å². The van der Waals surface area contributed by atoms with Gasteiger partial charge in [0.1, 0.15) is 5.82 Å². The van der Waals surface area contributed by atoms with E-state index in [1.54, 1.807) is 0 Å². The Bertz CT molecular complexity index is 257. The molecule has 1 aromatic rings. The molecule has 0 unspecified atom stereocenters. The second-order valence-electron chi connectivity index (χ2n) is 3.65.